The number of rotatable bonds is 6. The number of hydrogen-bond donors (Lipinski definition) is 1. The molecule has 1 saturated heterocycles. The van der Waals surface area contributed by atoms with E-state index < -0.39 is 18.5 Å². The summed E-state index contributed by atoms with van der Waals surface area (Å²) in [4.78, 5) is 13.5. The van der Waals surface area contributed by atoms with Crippen molar-refractivity contribution >= 4 is 18.3 Å². The van der Waals surface area contributed by atoms with Gasteiger partial charge in [0, 0.05) is 32.8 Å². The van der Waals surface area contributed by atoms with Gasteiger partial charge in [0.05, 0.1) is 6.61 Å². The number of likely N-dealkylation sites (tertiary alicyclic amines) is 1. The smallest absolute Gasteiger partial charge is 0.383 e. The number of alkyl halides is 3. The van der Waals surface area contributed by atoms with Gasteiger partial charge in [-0.25, -0.2) is 0 Å². The lowest BCUT2D eigenvalue weighted by molar-refractivity contribution is -0.154. The van der Waals surface area contributed by atoms with Gasteiger partial charge in [-0.2, -0.15) is 13.2 Å². The van der Waals surface area contributed by atoms with Gasteiger partial charge < -0.3 is 10.1 Å². The van der Waals surface area contributed by atoms with Crippen LogP contribution in [-0.2, 0) is 9.53 Å². The van der Waals surface area contributed by atoms with Gasteiger partial charge in [-0.05, 0) is 11.8 Å². The predicted molar refractivity (Wildman–Crippen MR) is 76.5 cm³/mol. The molecule has 1 heterocycles. The molecule has 0 saturated carbocycles. The molecular formula is C13H24ClF3N2O2. The quantitative estimate of drug-likeness (QED) is 0.809. The van der Waals surface area contributed by atoms with E-state index in [1.54, 1.807) is 7.11 Å². The summed E-state index contributed by atoms with van der Waals surface area (Å²) < 4.78 is 41.6. The van der Waals surface area contributed by atoms with Crippen molar-refractivity contribution in [3.05, 3.63) is 0 Å². The summed E-state index contributed by atoms with van der Waals surface area (Å²) in [5.41, 5.74) is 0. The average molecular weight is 333 g/mol. The van der Waals surface area contributed by atoms with Crippen LogP contribution >= 0.6 is 12.4 Å². The highest BCUT2D eigenvalue weighted by atomic mass is 35.5. The Labute approximate surface area is 129 Å². The van der Waals surface area contributed by atoms with Gasteiger partial charge in [0.2, 0.25) is 5.91 Å². The van der Waals surface area contributed by atoms with Gasteiger partial charge in [0.25, 0.3) is 0 Å². The molecule has 1 aliphatic rings. The van der Waals surface area contributed by atoms with E-state index in [9.17, 15) is 18.0 Å². The van der Waals surface area contributed by atoms with Crippen LogP contribution in [0.2, 0.25) is 0 Å². The molecule has 0 bridgehead atoms. The standard InChI is InChI=1S/C13H23F3N2O2.ClH/c1-9(2)10-7-18(4-5-20-3)8-11(10)17-12(19)6-13(14,15)16;/h9-11H,4-8H2,1-3H3,(H,17,19);1H/t10-,11+;/m1./s1. The highest BCUT2D eigenvalue weighted by molar-refractivity contribution is 5.85. The van der Waals surface area contributed by atoms with Gasteiger partial charge >= 0.3 is 6.18 Å². The van der Waals surface area contributed by atoms with Crippen molar-refractivity contribution in [3.8, 4) is 0 Å². The maximum Gasteiger partial charge on any atom is 0.397 e. The fraction of sp³-hybridized carbons (Fsp3) is 0.923. The number of methoxy groups -OCH3 is 1. The summed E-state index contributed by atoms with van der Waals surface area (Å²) in [6, 6.07) is -0.221. The zero-order valence-electron chi connectivity index (χ0n) is 12.6. The molecule has 0 aromatic carbocycles. The summed E-state index contributed by atoms with van der Waals surface area (Å²) in [7, 11) is 1.61. The average Bonchev–Trinajstić information content (AvgIpc) is 2.66. The number of halogens is 4. The maximum atomic E-state index is 12.2. The zero-order valence-corrected chi connectivity index (χ0v) is 13.4. The second-order valence-corrected chi connectivity index (χ2v) is 5.63. The molecule has 1 amide bonds. The van der Waals surface area contributed by atoms with E-state index >= 15 is 0 Å². The minimum atomic E-state index is -4.45. The Bertz CT molecular complexity index is 327. The summed E-state index contributed by atoms with van der Waals surface area (Å²) >= 11 is 0. The fourth-order valence-electron chi connectivity index (χ4n) is 2.58. The molecule has 1 N–H and O–H groups in total. The highest BCUT2D eigenvalue weighted by Crippen LogP contribution is 2.25. The van der Waals surface area contributed by atoms with Crippen LogP contribution in [0.1, 0.15) is 20.3 Å². The molecule has 21 heavy (non-hydrogen) atoms. The van der Waals surface area contributed by atoms with Gasteiger partial charge in [-0.15, -0.1) is 12.4 Å². The van der Waals surface area contributed by atoms with E-state index in [1.165, 1.54) is 0 Å². The highest BCUT2D eigenvalue weighted by Gasteiger charge is 2.37. The summed E-state index contributed by atoms with van der Waals surface area (Å²) in [5, 5.41) is 2.53. The lowest BCUT2D eigenvalue weighted by atomic mass is 9.91. The number of hydrogen-bond acceptors (Lipinski definition) is 3. The topological polar surface area (TPSA) is 41.6 Å². The van der Waals surface area contributed by atoms with Crippen LogP contribution in [0.5, 0.6) is 0 Å². The van der Waals surface area contributed by atoms with Gasteiger partial charge in [-0.1, -0.05) is 13.8 Å². The largest absolute Gasteiger partial charge is 0.397 e. The zero-order chi connectivity index (χ0) is 15.3. The number of carbonyl (C=O) groups excluding carboxylic acids is 1. The van der Waals surface area contributed by atoms with Gasteiger partial charge in [0.15, 0.2) is 0 Å². The number of nitrogens with one attached hydrogen (secondary N) is 1. The molecule has 0 spiro atoms. The molecule has 1 aliphatic heterocycles. The minimum Gasteiger partial charge on any atom is -0.383 e. The Hall–Kier alpha value is -0.530. The van der Waals surface area contributed by atoms with Crippen molar-refractivity contribution in [1.29, 1.82) is 0 Å². The van der Waals surface area contributed by atoms with E-state index in [4.69, 9.17) is 4.74 Å². The monoisotopic (exact) mass is 332 g/mol. The lowest BCUT2D eigenvalue weighted by Gasteiger charge is -2.23. The van der Waals surface area contributed by atoms with Crippen LogP contribution in [0.4, 0.5) is 13.2 Å². The van der Waals surface area contributed by atoms with Crippen LogP contribution in [0.25, 0.3) is 0 Å². The van der Waals surface area contributed by atoms with E-state index in [0.29, 0.717) is 19.1 Å². The molecule has 2 atom stereocenters. The first-order valence-electron chi connectivity index (χ1n) is 6.80. The first kappa shape index (κ1) is 20.5. The number of ether oxygens (including phenoxy) is 1. The Morgan fingerprint density at radius 1 is 1.38 bits per heavy atom. The molecule has 1 rings (SSSR count). The minimum absolute atomic E-state index is 0. The second kappa shape index (κ2) is 8.80. The van der Waals surface area contributed by atoms with Crippen molar-refractivity contribution in [2.24, 2.45) is 11.8 Å². The first-order valence-corrected chi connectivity index (χ1v) is 6.80. The van der Waals surface area contributed by atoms with E-state index in [1.807, 2.05) is 13.8 Å². The molecule has 4 nitrogen and oxygen atoms in total. The van der Waals surface area contributed by atoms with Crippen molar-refractivity contribution in [2.45, 2.75) is 32.5 Å². The van der Waals surface area contributed by atoms with Gasteiger partial charge in [-0.3, -0.25) is 9.69 Å². The van der Waals surface area contributed by atoms with Crippen molar-refractivity contribution in [1.82, 2.24) is 10.2 Å². The summed E-state index contributed by atoms with van der Waals surface area (Å²) in [6.45, 7) is 6.70. The third kappa shape index (κ3) is 7.33. The summed E-state index contributed by atoms with van der Waals surface area (Å²) in [6.07, 6.45) is -5.86. The van der Waals surface area contributed by atoms with Crippen LogP contribution < -0.4 is 5.32 Å². The molecule has 126 valence electrons. The molecule has 1 fully saturated rings. The molecule has 0 unspecified atom stereocenters. The lowest BCUT2D eigenvalue weighted by Crippen LogP contribution is -2.43. The van der Waals surface area contributed by atoms with E-state index in [-0.39, 0.29) is 24.4 Å². The summed E-state index contributed by atoms with van der Waals surface area (Å²) in [5.74, 6) is -0.468. The molecule has 0 aliphatic carbocycles. The third-order valence-electron chi connectivity index (χ3n) is 3.62. The van der Waals surface area contributed by atoms with E-state index in [0.717, 1.165) is 13.1 Å². The SMILES string of the molecule is COCCN1C[C@H](NC(=O)CC(F)(F)F)[C@@H](C(C)C)C1.Cl. The van der Waals surface area contributed by atoms with Crippen molar-refractivity contribution in [2.75, 3.05) is 33.4 Å². The Morgan fingerprint density at radius 2 is 2.00 bits per heavy atom. The molecule has 0 aromatic heterocycles. The Balaban J connectivity index is 0.00000400. The Kier molecular flexibility index (Phi) is 8.58. The maximum absolute atomic E-state index is 12.2. The number of carbonyl (C=O) groups is 1. The molecule has 0 radical (unpaired) electrons. The van der Waals surface area contributed by atoms with E-state index in [2.05, 4.69) is 10.2 Å². The number of nitrogens with zero attached hydrogens (tertiary/aromatic N) is 1. The predicted octanol–water partition coefficient (Wildman–Crippen LogP) is 2.08. The molecule has 0 aromatic rings. The molecule has 8 heteroatoms. The van der Waals surface area contributed by atoms with Crippen LogP contribution in [0.15, 0.2) is 0 Å². The van der Waals surface area contributed by atoms with Crippen molar-refractivity contribution < 1.29 is 22.7 Å². The van der Waals surface area contributed by atoms with Crippen molar-refractivity contribution in [3.63, 3.8) is 0 Å². The number of amides is 1. The van der Waals surface area contributed by atoms with Crippen LogP contribution in [0, 0.1) is 11.8 Å². The normalized spacial score (nSPS) is 23.2. The van der Waals surface area contributed by atoms with Crippen LogP contribution in [-0.4, -0.2) is 56.4 Å². The molecular weight excluding hydrogens is 309 g/mol. The van der Waals surface area contributed by atoms with Gasteiger partial charge in [0.1, 0.15) is 6.42 Å². The Morgan fingerprint density at radius 3 is 2.48 bits per heavy atom. The third-order valence-corrected chi connectivity index (χ3v) is 3.62. The van der Waals surface area contributed by atoms with Crippen LogP contribution in [0.3, 0.4) is 0 Å². The second-order valence-electron chi connectivity index (χ2n) is 5.63. The fourth-order valence-corrected chi connectivity index (χ4v) is 2.58. The first-order chi connectivity index (χ1) is 9.23.